The molecule has 0 aliphatic carbocycles. The second-order valence-corrected chi connectivity index (χ2v) is 8.87. The smallest absolute Gasteiger partial charge is 0.344 e. The van der Waals surface area contributed by atoms with Crippen LogP contribution in [0.1, 0.15) is 70.4 Å². The number of rotatable bonds is 13. The largest absolute Gasteiger partial charge is 0.492 e. The molecule has 0 N–H and O–H groups in total. The first-order chi connectivity index (χ1) is 15.8. The molecule has 0 aliphatic rings. The Bertz CT molecular complexity index is 893. The number of esters is 1. The highest BCUT2D eigenvalue weighted by Crippen LogP contribution is 2.37. The molecule has 0 bridgehead atoms. The van der Waals surface area contributed by atoms with Crippen molar-refractivity contribution in [2.24, 2.45) is 0 Å². The molecule has 2 rings (SSSR count). The van der Waals surface area contributed by atoms with Crippen LogP contribution in [0.15, 0.2) is 36.4 Å². The lowest BCUT2D eigenvalue weighted by Gasteiger charge is -2.20. The van der Waals surface area contributed by atoms with Crippen LogP contribution in [0.2, 0.25) is 0 Å². The van der Waals surface area contributed by atoms with E-state index in [1.807, 2.05) is 6.07 Å². The third-order valence-electron chi connectivity index (χ3n) is 6.09. The minimum atomic E-state index is -0.347. The molecule has 0 aliphatic heterocycles. The van der Waals surface area contributed by atoms with Gasteiger partial charge in [-0.2, -0.15) is 0 Å². The topological polar surface area (TPSA) is 48.0 Å². The summed E-state index contributed by atoms with van der Waals surface area (Å²) in [5, 5.41) is 0. The van der Waals surface area contributed by atoms with Crippen molar-refractivity contribution < 1.29 is 19.0 Å². The Kier molecular flexibility index (Phi) is 10.7. The van der Waals surface area contributed by atoms with Crippen LogP contribution in [-0.2, 0) is 9.53 Å². The molecular weight excluding hydrogens is 414 g/mol. The van der Waals surface area contributed by atoms with E-state index in [1.165, 1.54) is 5.56 Å². The first-order valence-corrected chi connectivity index (χ1v) is 12.1. The number of likely N-dealkylation sites (N-methyl/N-ethyl adjacent to an activating group) is 1. The second kappa shape index (κ2) is 13.2. The highest BCUT2D eigenvalue weighted by Gasteiger charge is 2.16. The van der Waals surface area contributed by atoms with Gasteiger partial charge in [0.15, 0.2) is 6.61 Å². The van der Waals surface area contributed by atoms with E-state index >= 15 is 0 Å². The van der Waals surface area contributed by atoms with Gasteiger partial charge in [-0.1, -0.05) is 39.8 Å². The normalized spacial score (nSPS) is 13.0. The minimum absolute atomic E-state index is 0.0756. The van der Waals surface area contributed by atoms with Crippen LogP contribution in [-0.4, -0.2) is 51.3 Å². The molecular formula is C28H41NO4. The number of carbonyl (C=O) groups is 1. The number of hydrogen-bond donors (Lipinski definition) is 0. The fourth-order valence-corrected chi connectivity index (χ4v) is 3.61. The van der Waals surface area contributed by atoms with Gasteiger partial charge in [-0.3, -0.25) is 0 Å². The van der Waals surface area contributed by atoms with E-state index in [0.717, 1.165) is 47.6 Å². The molecule has 2 aromatic rings. The van der Waals surface area contributed by atoms with Gasteiger partial charge >= 0.3 is 5.97 Å². The number of ether oxygens (including phenoxy) is 3. The maximum absolute atomic E-state index is 11.8. The van der Waals surface area contributed by atoms with Crippen LogP contribution < -0.4 is 9.47 Å². The van der Waals surface area contributed by atoms with E-state index in [1.54, 1.807) is 6.92 Å². The van der Waals surface area contributed by atoms with E-state index < -0.39 is 0 Å². The van der Waals surface area contributed by atoms with Gasteiger partial charge in [-0.25, -0.2) is 4.79 Å². The van der Waals surface area contributed by atoms with Crippen LogP contribution in [0.25, 0.3) is 11.1 Å². The van der Waals surface area contributed by atoms with Crippen molar-refractivity contribution in [3.8, 4) is 22.6 Å². The average Bonchev–Trinajstić information content (AvgIpc) is 2.81. The maximum Gasteiger partial charge on any atom is 0.344 e. The lowest BCUT2D eigenvalue weighted by Crippen LogP contribution is -2.19. The zero-order chi connectivity index (χ0) is 24.4. The summed E-state index contributed by atoms with van der Waals surface area (Å²) >= 11 is 0. The van der Waals surface area contributed by atoms with Crippen LogP contribution in [0, 0.1) is 0 Å². The molecule has 5 nitrogen and oxygen atoms in total. The Morgan fingerprint density at radius 3 is 1.82 bits per heavy atom. The molecule has 0 amide bonds. The summed E-state index contributed by atoms with van der Waals surface area (Å²) in [4.78, 5) is 13.9. The van der Waals surface area contributed by atoms with Gasteiger partial charge in [0.25, 0.3) is 0 Å². The number of hydrogen-bond acceptors (Lipinski definition) is 5. The van der Waals surface area contributed by atoms with E-state index in [2.05, 4.69) is 77.0 Å². The van der Waals surface area contributed by atoms with Gasteiger partial charge in [0, 0.05) is 6.54 Å². The van der Waals surface area contributed by atoms with Crippen LogP contribution >= 0.6 is 0 Å². The molecule has 2 unspecified atom stereocenters. The predicted octanol–water partition coefficient (Wildman–Crippen LogP) is 6.26. The highest BCUT2D eigenvalue weighted by molar-refractivity contribution is 5.72. The monoisotopic (exact) mass is 455 g/mol. The summed E-state index contributed by atoms with van der Waals surface area (Å²) in [6.07, 6.45) is 2.03. The Morgan fingerprint density at radius 1 is 0.848 bits per heavy atom. The van der Waals surface area contributed by atoms with Crippen molar-refractivity contribution in [2.75, 3.05) is 40.5 Å². The summed E-state index contributed by atoms with van der Waals surface area (Å²) in [7, 11) is 4.11. The molecule has 2 atom stereocenters. The van der Waals surface area contributed by atoms with Crippen LogP contribution in [0.4, 0.5) is 0 Å². The molecule has 182 valence electrons. The van der Waals surface area contributed by atoms with Gasteiger partial charge in [0.1, 0.15) is 18.1 Å². The first-order valence-electron chi connectivity index (χ1n) is 12.1. The number of nitrogens with zero attached hydrogens (tertiary/aromatic N) is 1. The highest BCUT2D eigenvalue weighted by atomic mass is 16.6. The lowest BCUT2D eigenvalue weighted by molar-refractivity contribution is -0.145. The number of carbonyl (C=O) groups excluding carboxylic acids is 1. The zero-order valence-corrected chi connectivity index (χ0v) is 21.4. The maximum atomic E-state index is 11.8. The molecule has 5 heteroatoms. The Morgan fingerprint density at radius 2 is 1.36 bits per heavy atom. The van der Waals surface area contributed by atoms with Crippen molar-refractivity contribution in [2.45, 2.75) is 59.3 Å². The van der Waals surface area contributed by atoms with Crippen molar-refractivity contribution in [1.29, 1.82) is 0 Å². The van der Waals surface area contributed by atoms with Gasteiger partial charge in [-0.15, -0.1) is 0 Å². The summed E-state index contributed by atoms with van der Waals surface area (Å²) in [5.74, 6) is 2.07. The molecule has 0 aromatic heterocycles. The Balaban J connectivity index is 2.36. The first kappa shape index (κ1) is 26.7. The third-order valence-corrected chi connectivity index (χ3v) is 6.09. The molecule has 0 fully saturated rings. The second-order valence-electron chi connectivity index (χ2n) is 8.87. The Labute approximate surface area is 200 Å². The zero-order valence-electron chi connectivity index (χ0n) is 21.4. The minimum Gasteiger partial charge on any atom is -0.492 e. The van der Waals surface area contributed by atoms with E-state index in [0.29, 0.717) is 25.0 Å². The van der Waals surface area contributed by atoms with Gasteiger partial charge in [0.05, 0.1) is 6.61 Å². The third kappa shape index (κ3) is 7.78. The van der Waals surface area contributed by atoms with Crippen molar-refractivity contribution in [3.63, 3.8) is 0 Å². The quantitative estimate of drug-likeness (QED) is 0.334. The molecule has 0 heterocycles. The summed E-state index contributed by atoms with van der Waals surface area (Å²) in [6, 6.07) is 12.7. The number of benzene rings is 2. The molecule has 0 spiro atoms. The predicted molar refractivity (Wildman–Crippen MR) is 135 cm³/mol. The Hall–Kier alpha value is -2.53. The summed E-state index contributed by atoms with van der Waals surface area (Å²) in [5.41, 5.74) is 4.64. The van der Waals surface area contributed by atoms with Crippen molar-refractivity contribution in [1.82, 2.24) is 4.90 Å². The van der Waals surface area contributed by atoms with E-state index in [-0.39, 0.29) is 12.6 Å². The van der Waals surface area contributed by atoms with Crippen molar-refractivity contribution >= 4 is 5.97 Å². The van der Waals surface area contributed by atoms with Gasteiger partial charge in [0.2, 0.25) is 0 Å². The summed E-state index contributed by atoms with van der Waals surface area (Å²) < 4.78 is 17.0. The molecule has 2 aromatic carbocycles. The fraction of sp³-hybridized carbons (Fsp3) is 0.536. The lowest BCUT2D eigenvalue weighted by atomic mass is 9.91. The van der Waals surface area contributed by atoms with E-state index in [9.17, 15) is 4.79 Å². The average molecular weight is 456 g/mol. The van der Waals surface area contributed by atoms with Gasteiger partial charge < -0.3 is 19.1 Å². The molecule has 33 heavy (non-hydrogen) atoms. The molecule has 0 saturated carbocycles. The van der Waals surface area contributed by atoms with Crippen LogP contribution in [0.5, 0.6) is 11.5 Å². The summed E-state index contributed by atoms with van der Waals surface area (Å²) in [6.45, 7) is 12.4. The SMILES string of the molecule is CCOC(=O)COc1ccc(-c2ccc(OCCN(C)C)c(C(C)CC)c2)cc1C(C)CC. The van der Waals surface area contributed by atoms with E-state index in [4.69, 9.17) is 14.2 Å². The van der Waals surface area contributed by atoms with Crippen molar-refractivity contribution in [3.05, 3.63) is 47.5 Å². The van der Waals surface area contributed by atoms with Crippen LogP contribution in [0.3, 0.4) is 0 Å². The standard InChI is InChI=1S/C28H41NO4/c1-8-20(4)24-17-22(11-13-26(24)32-16-15-29(6)7)23-12-14-27(25(18-23)21(5)9-2)33-19-28(30)31-10-3/h11-14,17-18,20-21H,8-10,15-16,19H2,1-7H3. The van der Waals surface area contributed by atoms with Gasteiger partial charge in [-0.05, 0) is 92.2 Å². The molecule has 0 radical (unpaired) electrons. The fourth-order valence-electron chi connectivity index (χ4n) is 3.61. The molecule has 0 saturated heterocycles.